The SMILES string of the molecule is CC[C@H](C)NS(=O)(=O)c1csc(C(=O)Nc2cc(C)on2)c1. The maximum atomic E-state index is 12.1. The molecule has 0 unspecified atom stereocenters. The number of hydrogen-bond donors (Lipinski definition) is 2. The van der Waals surface area contributed by atoms with Gasteiger partial charge in [0.05, 0.1) is 9.77 Å². The van der Waals surface area contributed by atoms with Crippen molar-refractivity contribution in [1.29, 1.82) is 0 Å². The number of hydrogen-bond acceptors (Lipinski definition) is 6. The molecule has 7 nitrogen and oxygen atoms in total. The first-order valence-corrected chi connectivity index (χ1v) is 9.03. The second kappa shape index (κ2) is 6.59. The Labute approximate surface area is 132 Å². The highest BCUT2D eigenvalue weighted by Crippen LogP contribution is 2.21. The van der Waals surface area contributed by atoms with Crippen molar-refractivity contribution in [2.75, 3.05) is 5.32 Å². The topological polar surface area (TPSA) is 101 Å². The summed E-state index contributed by atoms with van der Waals surface area (Å²) in [5.74, 6) is 0.434. The molecule has 0 saturated heterocycles. The number of nitrogens with zero attached hydrogens (tertiary/aromatic N) is 1. The molecule has 0 fully saturated rings. The van der Waals surface area contributed by atoms with Crippen LogP contribution in [0.15, 0.2) is 26.9 Å². The molecule has 0 bridgehead atoms. The Morgan fingerprint density at radius 1 is 1.45 bits per heavy atom. The predicted octanol–water partition coefficient (Wildman–Crippen LogP) is 2.37. The molecule has 0 saturated carbocycles. The van der Waals surface area contributed by atoms with Gasteiger partial charge in [-0.15, -0.1) is 11.3 Å². The Hall–Kier alpha value is -1.71. The predicted molar refractivity (Wildman–Crippen MR) is 83.6 cm³/mol. The van der Waals surface area contributed by atoms with Crippen LogP contribution in [0.25, 0.3) is 0 Å². The van der Waals surface area contributed by atoms with E-state index in [1.807, 2.05) is 6.92 Å². The Bertz CT molecular complexity index is 764. The molecule has 2 aromatic rings. The number of rotatable bonds is 6. The summed E-state index contributed by atoms with van der Waals surface area (Å²) in [6.45, 7) is 5.38. The molecule has 2 aromatic heterocycles. The van der Waals surface area contributed by atoms with Gasteiger partial charge in [-0.05, 0) is 26.3 Å². The van der Waals surface area contributed by atoms with E-state index in [2.05, 4.69) is 15.2 Å². The van der Waals surface area contributed by atoms with Crippen LogP contribution in [-0.4, -0.2) is 25.5 Å². The van der Waals surface area contributed by atoms with Crippen molar-refractivity contribution in [3.8, 4) is 0 Å². The largest absolute Gasteiger partial charge is 0.360 e. The number of carbonyl (C=O) groups is 1. The first-order chi connectivity index (χ1) is 10.3. The van der Waals surface area contributed by atoms with Crippen LogP contribution in [0.3, 0.4) is 0 Å². The van der Waals surface area contributed by atoms with Gasteiger partial charge in [-0.1, -0.05) is 12.1 Å². The van der Waals surface area contributed by atoms with Crippen LogP contribution in [0.1, 0.15) is 35.7 Å². The third kappa shape index (κ3) is 3.93. The van der Waals surface area contributed by atoms with Crippen molar-refractivity contribution in [2.24, 2.45) is 0 Å². The van der Waals surface area contributed by atoms with Crippen LogP contribution in [0.4, 0.5) is 5.82 Å². The van der Waals surface area contributed by atoms with Gasteiger partial charge in [0.1, 0.15) is 5.76 Å². The highest BCUT2D eigenvalue weighted by Gasteiger charge is 2.20. The van der Waals surface area contributed by atoms with E-state index in [0.29, 0.717) is 12.2 Å². The summed E-state index contributed by atoms with van der Waals surface area (Å²) in [5.41, 5.74) is 0. The lowest BCUT2D eigenvalue weighted by atomic mass is 10.3. The van der Waals surface area contributed by atoms with Gasteiger partial charge in [0.15, 0.2) is 5.82 Å². The summed E-state index contributed by atoms with van der Waals surface area (Å²) in [5, 5.41) is 7.64. The molecule has 0 aromatic carbocycles. The highest BCUT2D eigenvalue weighted by atomic mass is 32.2. The highest BCUT2D eigenvalue weighted by molar-refractivity contribution is 7.89. The fourth-order valence-electron chi connectivity index (χ4n) is 1.60. The smallest absolute Gasteiger partial charge is 0.267 e. The zero-order valence-corrected chi connectivity index (χ0v) is 14.0. The molecule has 1 amide bonds. The van der Waals surface area contributed by atoms with E-state index in [4.69, 9.17) is 4.52 Å². The molecule has 2 N–H and O–H groups in total. The van der Waals surface area contributed by atoms with E-state index < -0.39 is 15.9 Å². The van der Waals surface area contributed by atoms with Crippen LogP contribution in [-0.2, 0) is 10.0 Å². The third-order valence-corrected chi connectivity index (χ3v) is 5.59. The minimum atomic E-state index is -3.61. The number of amides is 1. The molecule has 1 atom stereocenters. The standard InChI is InChI=1S/C13H17N3O4S2/c1-4-8(2)16-22(18,19)10-6-11(21-7-10)13(17)14-12-5-9(3)20-15-12/h5-8,16H,4H2,1-3H3,(H,14,15,17)/t8-/m0/s1. The minimum Gasteiger partial charge on any atom is -0.360 e. The summed E-state index contributed by atoms with van der Waals surface area (Å²) in [6.07, 6.45) is 0.683. The lowest BCUT2D eigenvalue weighted by Gasteiger charge is -2.10. The Morgan fingerprint density at radius 3 is 2.77 bits per heavy atom. The summed E-state index contributed by atoms with van der Waals surface area (Å²) in [6, 6.07) is 2.76. The molecule has 2 rings (SSSR count). The lowest BCUT2D eigenvalue weighted by molar-refractivity contribution is 0.102. The van der Waals surface area contributed by atoms with Crippen molar-refractivity contribution in [1.82, 2.24) is 9.88 Å². The third-order valence-electron chi connectivity index (χ3n) is 2.95. The number of thiophene rings is 1. The first-order valence-electron chi connectivity index (χ1n) is 6.67. The first kappa shape index (κ1) is 16.7. The number of aryl methyl sites for hydroxylation is 1. The Morgan fingerprint density at radius 2 is 2.18 bits per heavy atom. The Balaban J connectivity index is 2.12. The van der Waals surface area contributed by atoms with E-state index >= 15 is 0 Å². The maximum Gasteiger partial charge on any atom is 0.267 e. The van der Waals surface area contributed by atoms with Crippen LogP contribution >= 0.6 is 11.3 Å². The van der Waals surface area contributed by atoms with Gasteiger partial charge in [0.2, 0.25) is 10.0 Å². The number of anilines is 1. The summed E-state index contributed by atoms with van der Waals surface area (Å²) < 4.78 is 31.7. The van der Waals surface area contributed by atoms with Gasteiger partial charge in [0.25, 0.3) is 5.91 Å². The van der Waals surface area contributed by atoms with Crippen molar-refractivity contribution in [2.45, 2.75) is 38.1 Å². The summed E-state index contributed by atoms with van der Waals surface area (Å²) in [4.78, 5) is 12.4. The van der Waals surface area contributed by atoms with Crippen molar-refractivity contribution >= 4 is 33.1 Å². The summed E-state index contributed by atoms with van der Waals surface area (Å²) in [7, 11) is -3.61. The average molecular weight is 343 g/mol. The van der Waals surface area contributed by atoms with Gasteiger partial charge in [-0.25, -0.2) is 13.1 Å². The lowest BCUT2D eigenvalue weighted by Crippen LogP contribution is -2.31. The molecule has 22 heavy (non-hydrogen) atoms. The fraction of sp³-hybridized carbons (Fsp3) is 0.385. The zero-order valence-electron chi connectivity index (χ0n) is 12.4. The number of sulfonamides is 1. The van der Waals surface area contributed by atoms with Gasteiger partial charge < -0.3 is 9.84 Å². The molecule has 0 aliphatic heterocycles. The number of nitrogens with one attached hydrogen (secondary N) is 2. The van der Waals surface area contributed by atoms with E-state index in [9.17, 15) is 13.2 Å². The second-order valence-corrected chi connectivity index (χ2v) is 7.48. The molecule has 9 heteroatoms. The normalized spacial score (nSPS) is 13.0. The number of aromatic nitrogens is 1. The maximum absolute atomic E-state index is 12.1. The van der Waals surface area contributed by atoms with E-state index in [0.717, 1.165) is 11.3 Å². The second-order valence-electron chi connectivity index (χ2n) is 4.85. The average Bonchev–Trinajstić information content (AvgIpc) is 3.07. The monoisotopic (exact) mass is 343 g/mol. The van der Waals surface area contributed by atoms with Crippen LogP contribution in [0.2, 0.25) is 0 Å². The van der Waals surface area contributed by atoms with Crippen molar-refractivity contribution < 1.29 is 17.7 Å². The quantitative estimate of drug-likeness (QED) is 0.838. The van der Waals surface area contributed by atoms with E-state index in [-0.39, 0.29) is 21.6 Å². The van der Waals surface area contributed by atoms with Crippen molar-refractivity contribution in [3.63, 3.8) is 0 Å². The van der Waals surface area contributed by atoms with Gasteiger partial charge in [-0.2, -0.15) is 0 Å². The van der Waals surface area contributed by atoms with Crippen molar-refractivity contribution in [3.05, 3.63) is 28.2 Å². The molecule has 0 spiro atoms. The number of carbonyl (C=O) groups excluding carboxylic acids is 1. The molecule has 0 radical (unpaired) electrons. The molecular weight excluding hydrogens is 326 g/mol. The van der Waals surface area contributed by atoms with E-state index in [1.54, 1.807) is 19.9 Å². The minimum absolute atomic E-state index is 0.0827. The zero-order chi connectivity index (χ0) is 16.3. The Kier molecular flexibility index (Phi) is 4.99. The van der Waals surface area contributed by atoms with Crippen LogP contribution in [0, 0.1) is 6.92 Å². The summed E-state index contributed by atoms with van der Waals surface area (Å²) >= 11 is 1.06. The van der Waals surface area contributed by atoms with Crippen LogP contribution < -0.4 is 10.0 Å². The van der Waals surface area contributed by atoms with E-state index in [1.165, 1.54) is 11.4 Å². The van der Waals surface area contributed by atoms with Crippen LogP contribution in [0.5, 0.6) is 0 Å². The molecule has 120 valence electrons. The van der Waals surface area contributed by atoms with Gasteiger partial charge in [0, 0.05) is 17.5 Å². The van der Waals surface area contributed by atoms with Gasteiger partial charge >= 0.3 is 0 Å². The van der Waals surface area contributed by atoms with Gasteiger partial charge in [-0.3, -0.25) is 4.79 Å². The molecule has 2 heterocycles. The fourth-order valence-corrected chi connectivity index (χ4v) is 4.09. The molecular formula is C13H17N3O4S2. The molecule has 0 aliphatic rings. The molecule has 0 aliphatic carbocycles.